The van der Waals surface area contributed by atoms with Crippen molar-refractivity contribution in [2.75, 3.05) is 6.54 Å². The van der Waals surface area contributed by atoms with Crippen molar-refractivity contribution in [2.45, 2.75) is 19.4 Å². The normalized spacial score (nSPS) is 19.4. The van der Waals surface area contributed by atoms with Gasteiger partial charge in [-0.3, -0.25) is 0 Å². The van der Waals surface area contributed by atoms with E-state index in [-0.39, 0.29) is 0 Å². The molecule has 4 nitrogen and oxygen atoms in total. The second-order valence-electron chi connectivity index (χ2n) is 4.20. The number of hydrogen-bond acceptors (Lipinski definition) is 3. The van der Waals surface area contributed by atoms with Gasteiger partial charge in [-0.15, -0.1) is 5.10 Å². The molecular weight excluding hydrogens is 200 g/mol. The summed E-state index contributed by atoms with van der Waals surface area (Å²) < 4.78 is 1.96. The second-order valence-corrected chi connectivity index (χ2v) is 4.20. The Morgan fingerprint density at radius 2 is 2.12 bits per heavy atom. The minimum atomic E-state index is 0.457. The van der Waals surface area contributed by atoms with Gasteiger partial charge in [-0.25, -0.2) is 4.68 Å². The molecule has 16 heavy (non-hydrogen) atoms. The van der Waals surface area contributed by atoms with Gasteiger partial charge in [-0.1, -0.05) is 30.3 Å². The number of fused-ring (bicyclic) bond motifs is 1. The van der Waals surface area contributed by atoms with Crippen molar-refractivity contribution >= 4 is 0 Å². The molecule has 1 aliphatic heterocycles. The first-order valence-corrected chi connectivity index (χ1v) is 5.57. The fourth-order valence-electron chi connectivity index (χ4n) is 2.20. The second kappa shape index (κ2) is 3.72. The van der Waals surface area contributed by atoms with Gasteiger partial charge in [-0.05, 0) is 12.1 Å². The molecule has 2 aromatic rings. The van der Waals surface area contributed by atoms with E-state index in [4.69, 9.17) is 0 Å². The van der Waals surface area contributed by atoms with Crippen molar-refractivity contribution in [1.82, 2.24) is 20.3 Å². The van der Waals surface area contributed by atoms with E-state index in [1.807, 2.05) is 22.9 Å². The Morgan fingerprint density at radius 1 is 1.31 bits per heavy atom. The molecule has 0 amide bonds. The largest absolute Gasteiger partial charge is 0.310 e. The smallest absolute Gasteiger partial charge is 0.100 e. The summed E-state index contributed by atoms with van der Waals surface area (Å²) in [5, 5.41) is 11.8. The van der Waals surface area contributed by atoms with Crippen LogP contribution in [0.4, 0.5) is 0 Å². The van der Waals surface area contributed by atoms with E-state index >= 15 is 0 Å². The molecular formula is C12H14N4. The lowest BCUT2D eigenvalue weighted by molar-refractivity contribution is 0.546. The third-order valence-corrected chi connectivity index (χ3v) is 2.99. The van der Waals surface area contributed by atoms with Gasteiger partial charge in [0.05, 0.1) is 11.4 Å². The van der Waals surface area contributed by atoms with Crippen LogP contribution in [0.5, 0.6) is 0 Å². The van der Waals surface area contributed by atoms with Crippen LogP contribution < -0.4 is 5.32 Å². The fraction of sp³-hybridized carbons (Fsp3) is 0.333. The van der Waals surface area contributed by atoms with Crippen LogP contribution in [0, 0.1) is 0 Å². The minimum absolute atomic E-state index is 0.457. The SMILES string of the molecule is CC1CNCc2nnn(-c3ccccc3)c21. The van der Waals surface area contributed by atoms with Gasteiger partial charge in [0.2, 0.25) is 0 Å². The predicted octanol–water partition coefficient (Wildman–Crippen LogP) is 1.47. The predicted molar refractivity (Wildman–Crippen MR) is 61.5 cm³/mol. The van der Waals surface area contributed by atoms with Gasteiger partial charge >= 0.3 is 0 Å². The molecule has 0 bridgehead atoms. The van der Waals surface area contributed by atoms with Crippen molar-refractivity contribution in [3.05, 3.63) is 41.7 Å². The number of benzene rings is 1. The maximum atomic E-state index is 4.25. The molecule has 4 heteroatoms. The Balaban J connectivity index is 2.13. The maximum absolute atomic E-state index is 4.25. The Hall–Kier alpha value is -1.68. The Bertz CT molecular complexity index is 489. The van der Waals surface area contributed by atoms with Crippen LogP contribution in [0.1, 0.15) is 24.2 Å². The monoisotopic (exact) mass is 214 g/mol. The number of rotatable bonds is 1. The average molecular weight is 214 g/mol. The summed E-state index contributed by atoms with van der Waals surface area (Å²) in [6, 6.07) is 10.2. The highest BCUT2D eigenvalue weighted by atomic mass is 15.4. The van der Waals surface area contributed by atoms with E-state index in [0.29, 0.717) is 5.92 Å². The van der Waals surface area contributed by atoms with E-state index < -0.39 is 0 Å². The Labute approximate surface area is 94.3 Å². The molecule has 0 radical (unpaired) electrons. The summed E-state index contributed by atoms with van der Waals surface area (Å²) in [4.78, 5) is 0. The summed E-state index contributed by atoms with van der Waals surface area (Å²) >= 11 is 0. The first kappa shape index (κ1) is 9.54. The Kier molecular flexibility index (Phi) is 2.22. The highest BCUT2D eigenvalue weighted by Crippen LogP contribution is 2.23. The van der Waals surface area contributed by atoms with Crippen molar-refractivity contribution in [3.63, 3.8) is 0 Å². The molecule has 1 aromatic heterocycles. The summed E-state index contributed by atoms with van der Waals surface area (Å²) in [5.74, 6) is 0.457. The third-order valence-electron chi connectivity index (χ3n) is 2.99. The number of hydrogen-bond donors (Lipinski definition) is 1. The zero-order chi connectivity index (χ0) is 11.0. The summed E-state index contributed by atoms with van der Waals surface area (Å²) in [6.07, 6.45) is 0. The number of aromatic nitrogens is 3. The molecule has 2 heterocycles. The maximum Gasteiger partial charge on any atom is 0.100 e. The molecule has 1 N–H and O–H groups in total. The van der Waals surface area contributed by atoms with Crippen molar-refractivity contribution in [1.29, 1.82) is 0 Å². The van der Waals surface area contributed by atoms with Crippen molar-refractivity contribution < 1.29 is 0 Å². The zero-order valence-corrected chi connectivity index (χ0v) is 9.22. The van der Waals surface area contributed by atoms with E-state index in [1.165, 1.54) is 5.69 Å². The Morgan fingerprint density at radius 3 is 2.94 bits per heavy atom. The highest BCUT2D eigenvalue weighted by molar-refractivity contribution is 5.35. The van der Waals surface area contributed by atoms with Crippen molar-refractivity contribution in [3.8, 4) is 5.69 Å². The molecule has 82 valence electrons. The lowest BCUT2D eigenvalue weighted by atomic mass is 10.0. The summed E-state index contributed by atoms with van der Waals surface area (Å²) in [5.41, 5.74) is 3.40. The first-order chi connectivity index (χ1) is 7.86. The molecule has 0 saturated carbocycles. The van der Waals surface area contributed by atoms with Crippen LogP contribution in [0.3, 0.4) is 0 Å². The van der Waals surface area contributed by atoms with Gasteiger partial charge in [0.15, 0.2) is 0 Å². The first-order valence-electron chi connectivity index (χ1n) is 5.57. The van der Waals surface area contributed by atoms with Gasteiger partial charge in [0.1, 0.15) is 5.69 Å². The highest BCUT2D eigenvalue weighted by Gasteiger charge is 2.23. The molecule has 0 saturated heterocycles. The molecule has 1 atom stereocenters. The van der Waals surface area contributed by atoms with Crippen LogP contribution in [0.25, 0.3) is 5.69 Å². The third kappa shape index (κ3) is 1.42. The molecule has 0 aliphatic carbocycles. The van der Waals surface area contributed by atoms with Gasteiger partial charge in [0.25, 0.3) is 0 Å². The van der Waals surface area contributed by atoms with E-state index in [9.17, 15) is 0 Å². The lowest BCUT2D eigenvalue weighted by Crippen LogP contribution is -2.28. The summed E-state index contributed by atoms with van der Waals surface area (Å²) in [6.45, 7) is 4.02. The van der Waals surface area contributed by atoms with Crippen molar-refractivity contribution in [2.24, 2.45) is 0 Å². The molecule has 0 fully saturated rings. The van der Waals surface area contributed by atoms with Gasteiger partial charge < -0.3 is 5.32 Å². The van der Waals surface area contributed by atoms with Crippen LogP contribution in [0.2, 0.25) is 0 Å². The minimum Gasteiger partial charge on any atom is -0.310 e. The molecule has 1 aliphatic rings. The number of para-hydroxylation sites is 1. The van der Waals surface area contributed by atoms with E-state index in [1.54, 1.807) is 0 Å². The van der Waals surface area contributed by atoms with Crippen LogP contribution in [-0.2, 0) is 6.54 Å². The quantitative estimate of drug-likeness (QED) is 0.781. The standard InChI is InChI=1S/C12H14N4/c1-9-7-13-8-11-12(9)16(15-14-11)10-5-3-2-4-6-10/h2-6,9,13H,7-8H2,1H3. The molecule has 1 aromatic carbocycles. The van der Waals surface area contributed by atoms with Crippen LogP contribution in [0.15, 0.2) is 30.3 Å². The van der Waals surface area contributed by atoms with E-state index in [2.05, 4.69) is 34.7 Å². The van der Waals surface area contributed by atoms with Gasteiger partial charge in [-0.2, -0.15) is 0 Å². The molecule has 1 unspecified atom stereocenters. The molecule has 3 rings (SSSR count). The van der Waals surface area contributed by atoms with Crippen LogP contribution >= 0.6 is 0 Å². The molecule has 0 spiro atoms. The number of nitrogens with zero attached hydrogens (tertiary/aromatic N) is 3. The topological polar surface area (TPSA) is 42.7 Å². The average Bonchev–Trinajstić information content (AvgIpc) is 2.75. The fourth-order valence-corrected chi connectivity index (χ4v) is 2.20. The lowest BCUT2D eigenvalue weighted by Gasteiger charge is -2.20. The number of nitrogens with one attached hydrogen (secondary N) is 1. The zero-order valence-electron chi connectivity index (χ0n) is 9.22. The summed E-state index contributed by atoms with van der Waals surface area (Å²) in [7, 11) is 0. The van der Waals surface area contributed by atoms with E-state index in [0.717, 1.165) is 24.5 Å². The van der Waals surface area contributed by atoms with Gasteiger partial charge in [0, 0.05) is 19.0 Å². The van der Waals surface area contributed by atoms with Crippen LogP contribution in [-0.4, -0.2) is 21.5 Å².